The third kappa shape index (κ3) is 3.28. The third-order valence-electron chi connectivity index (χ3n) is 3.94. The fraction of sp³-hybridized carbons (Fsp3) is 0.158. The number of esters is 1. The van der Waals surface area contributed by atoms with Gasteiger partial charge in [-0.15, -0.1) is 0 Å². The van der Waals surface area contributed by atoms with Gasteiger partial charge in [-0.2, -0.15) is 0 Å². The second-order valence-electron chi connectivity index (χ2n) is 5.61. The Morgan fingerprint density at radius 3 is 2.35 bits per heavy atom. The molecule has 1 N–H and O–H groups in total. The molecule has 0 radical (unpaired) electrons. The maximum Gasteiger partial charge on any atom is 0.358 e. The number of benzene rings is 2. The summed E-state index contributed by atoms with van der Waals surface area (Å²) in [5, 5.41) is 11.4. The SMILES string of the molecule is CCOC(=O)c1c(O)c2cc(Cl)c(Cl)cc2c(=O)n1Cc1ccccc1. The Morgan fingerprint density at radius 1 is 1.12 bits per heavy atom. The average molecular weight is 392 g/mol. The second-order valence-corrected chi connectivity index (χ2v) is 6.42. The minimum atomic E-state index is -0.786. The first kappa shape index (κ1) is 18.3. The second kappa shape index (κ2) is 7.40. The molecule has 5 nitrogen and oxygen atoms in total. The molecule has 134 valence electrons. The van der Waals surface area contributed by atoms with Crippen LogP contribution in [0.5, 0.6) is 5.75 Å². The number of halogens is 2. The lowest BCUT2D eigenvalue weighted by Crippen LogP contribution is -2.28. The van der Waals surface area contributed by atoms with Gasteiger partial charge in [-0.3, -0.25) is 9.36 Å². The predicted octanol–water partition coefficient (Wildman–Crippen LogP) is 4.24. The molecule has 3 aromatic rings. The maximum atomic E-state index is 13.0. The van der Waals surface area contributed by atoms with Gasteiger partial charge in [0.25, 0.3) is 5.56 Å². The Balaban J connectivity index is 2.34. The topological polar surface area (TPSA) is 68.5 Å². The van der Waals surface area contributed by atoms with Crippen molar-refractivity contribution in [3.05, 3.63) is 74.1 Å². The first-order valence-electron chi connectivity index (χ1n) is 7.89. The molecule has 0 fully saturated rings. The number of rotatable bonds is 4. The summed E-state index contributed by atoms with van der Waals surface area (Å²) < 4.78 is 6.22. The van der Waals surface area contributed by atoms with Crippen molar-refractivity contribution in [2.24, 2.45) is 0 Å². The molecule has 1 aromatic heterocycles. The normalized spacial score (nSPS) is 10.9. The number of hydrogen-bond donors (Lipinski definition) is 1. The molecule has 0 unspecified atom stereocenters. The lowest BCUT2D eigenvalue weighted by atomic mass is 10.1. The fourth-order valence-electron chi connectivity index (χ4n) is 2.75. The van der Waals surface area contributed by atoms with Crippen LogP contribution in [0.25, 0.3) is 10.8 Å². The minimum Gasteiger partial charge on any atom is -0.505 e. The highest BCUT2D eigenvalue weighted by molar-refractivity contribution is 6.42. The zero-order valence-electron chi connectivity index (χ0n) is 13.8. The van der Waals surface area contributed by atoms with Crippen molar-refractivity contribution >= 4 is 39.9 Å². The summed E-state index contributed by atoms with van der Waals surface area (Å²) in [5.74, 6) is -1.15. The molecule has 0 spiro atoms. The molecule has 0 aliphatic heterocycles. The number of pyridine rings is 1. The van der Waals surface area contributed by atoms with Crippen molar-refractivity contribution in [2.75, 3.05) is 6.61 Å². The molecular weight excluding hydrogens is 377 g/mol. The van der Waals surface area contributed by atoms with Crippen LogP contribution in [0.1, 0.15) is 23.0 Å². The smallest absolute Gasteiger partial charge is 0.358 e. The molecule has 0 bridgehead atoms. The maximum absolute atomic E-state index is 13.0. The van der Waals surface area contributed by atoms with Crippen LogP contribution in [-0.4, -0.2) is 22.2 Å². The van der Waals surface area contributed by atoms with Gasteiger partial charge in [0.15, 0.2) is 11.4 Å². The summed E-state index contributed by atoms with van der Waals surface area (Å²) in [4.78, 5) is 25.4. The van der Waals surface area contributed by atoms with Gasteiger partial charge in [-0.05, 0) is 24.6 Å². The Hall–Kier alpha value is -2.50. The predicted molar refractivity (Wildman–Crippen MR) is 101 cm³/mol. The quantitative estimate of drug-likeness (QED) is 0.675. The highest BCUT2D eigenvalue weighted by Gasteiger charge is 2.24. The van der Waals surface area contributed by atoms with E-state index in [9.17, 15) is 14.7 Å². The number of carbonyl (C=O) groups excluding carboxylic acids is 1. The molecule has 0 aliphatic carbocycles. The molecule has 2 aromatic carbocycles. The summed E-state index contributed by atoms with van der Waals surface area (Å²) in [5.41, 5.74) is 0.105. The van der Waals surface area contributed by atoms with Crippen LogP contribution in [0.4, 0.5) is 0 Å². The Labute approximate surface area is 159 Å². The molecule has 7 heteroatoms. The number of aromatic hydroxyl groups is 1. The summed E-state index contributed by atoms with van der Waals surface area (Å²) in [6, 6.07) is 11.9. The standard InChI is InChI=1S/C19H15Cl2NO4/c1-2-26-19(25)16-17(23)12-8-14(20)15(21)9-13(12)18(24)22(16)10-11-6-4-3-5-7-11/h3-9,23H,2,10H2,1H3. The Kier molecular flexibility index (Phi) is 5.20. The lowest BCUT2D eigenvalue weighted by molar-refractivity contribution is 0.0509. The molecular formula is C19H15Cl2NO4. The van der Waals surface area contributed by atoms with E-state index in [-0.39, 0.29) is 45.4 Å². The number of aromatic nitrogens is 1. The van der Waals surface area contributed by atoms with Crippen LogP contribution in [0.3, 0.4) is 0 Å². The van der Waals surface area contributed by atoms with E-state index in [0.717, 1.165) is 5.56 Å². The van der Waals surface area contributed by atoms with Gasteiger partial charge in [0, 0.05) is 5.39 Å². The van der Waals surface area contributed by atoms with Gasteiger partial charge in [0.2, 0.25) is 0 Å². The molecule has 0 saturated carbocycles. The molecule has 0 saturated heterocycles. The van der Waals surface area contributed by atoms with Gasteiger partial charge in [-0.1, -0.05) is 53.5 Å². The summed E-state index contributed by atoms with van der Waals surface area (Å²) >= 11 is 12.0. The molecule has 26 heavy (non-hydrogen) atoms. The third-order valence-corrected chi connectivity index (χ3v) is 4.66. The van der Waals surface area contributed by atoms with E-state index in [1.54, 1.807) is 6.92 Å². The fourth-order valence-corrected chi connectivity index (χ4v) is 3.07. The van der Waals surface area contributed by atoms with Crippen molar-refractivity contribution in [1.82, 2.24) is 4.57 Å². The van der Waals surface area contributed by atoms with E-state index in [1.807, 2.05) is 30.3 Å². The van der Waals surface area contributed by atoms with Gasteiger partial charge >= 0.3 is 5.97 Å². The summed E-state index contributed by atoms with van der Waals surface area (Å²) in [6.07, 6.45) is 0. The van der Waals surface area contributed by atoms with Gasteiger partial charge < -0.3 is 9.84 Å². The zero-order chi connectivity index (χ0) is 18.8. The number of fused-ring (bicyclic) bond motifs is 1. The minimum absolute atomic E-state index is 0.0948. The molecule has 0 amide bonds. The van der Waals surface area contributed by atoms with E-state index in [1.165, 1.54) is 16.7 Å². The van der Waals surface area contributed by atoms with E-state index in [0.29, 0.717) is 0 Å². The highest BCUT2D eigenvalue weighted by atomic mass is 35.5. The van der Waals surface area contributed by atoms with Gasteiger partial charge in [0.1, 0.15) is 0 Å². The van der Waals surface area contributed by atoms with Crippen molar-refractivity contribution in [3.63, 3.8) is 0 Å². The van der Waals surface area contributed by atoms with Crippen LogP contribution in [-0.2, 0) is 11.3 Å². The largest absolute Gasteiger partial charge is 0.505 e. The number of nitrogens with zero attached hydrogens (tertiary/aromatic N) is 1. The van der Waals surface area contributed by atoms with Crippen LogP contribution >= 0.6 is 23.2 Å². The lowest BCUT2D eigenvalue weighted by Gasteiger charge is -2.16. The highest BCUT2D eigenvalue weighted by Crippen LogP contribution is 2.33. The average Bonchev–Trinajstić information content (AvgIpc) is 2.62. The first-order valence-corrected chi connectivity index (χ1v) is 8.65. The van der Waals surface area contributed by atoms with E-state index >= 15 is 0 Å². The number of ether oxygens (including phenoxy) is 1. The van der Waals surface area contributed by atoms with Crippen molar-refractivity contribution in [1.29, 1.82) is 0 Å². The summed E-state index contributed by atoms with van der Waals surface area (Å²) in [7, 11) is 0. The van der Waals surface area contributed by atoms with Crippen molar-refractivity contribution in [3.8, 4) is 5.75 Å². The molecule has 0 atom stereocenters. The monoisotopic (exact) mass is 391 g/mol. The van der Waals surface area contributed by atoms with Crippen LogP contribution in [0, 0.1) is 0 Å². The zero-order valence-corrected chi connectivity index (χ0v) is 15.3. The van der Waals surface area contributed by atoms with Crippen molar-refractivity contribution in [2.45, 2.75) is 13.5 Å². The van der Waals surface area contributed by atoms with E-state index < -0.39 is 11.5 Å². The van der Waals surface area contributed by atoms with Crippen LogP contribution < -0.4 is 5.56 Å². The molecule has 3 rings (SSSR count). The Morgan fingerprint density at radius 2 is 1.73 bits per heavy atom. The van der Waals surface area contributed by atoms with Crippen molar-refractivity contribution < 1.29 is 14.6 Å². The van der Waals surface area contributed by atoms with Crippen LogP contribution in [0.15, 0.2) is 47.3 Å². The summed E-state index contributed by atoms with van der Waals surface area (Å²) in [6.45, 7) is 1.85. The number of carbonyl (C=O) groups is 1. The van der Waals surface area contributed by atoms with Crippen LogP contribution in [0.2, 0.25) is 10.0 Å². The number of hydrogen-bond acceptors (Lipinski definition) is 4. The molecule has 0 aliphatic rings. The van der Waals surface area contributed by atoms with E-state index in [4.69, 9.17) is 27.9 Å². The van der Waals surface area contributed by atoms with Gasteiger partial charge in [0.05, 0.1) is 28.6 Å². The van der Waals surface area contributed by atoms with E-state index in [2.05, 4.69) is 0 Å². The first-order chi connectivity index (χ1) is 12.4. The Bertz CT molecular complexity index is 1050. The molecule has 1 heterocycles. The van der Waals surface area contributed by atoms with Gasteiger partial charge in [-0.25, -0.2) is 4.79 Å².